The van der Waals surface area contributed by atoms with Crippen LogP contribution in [0.5, 0.6) is 11.5 Å². The third kappa shape index (κ3) is 3.24. The van der Waals surface area contributed by atoms with E-state index in [4.69, 9.17) is 14.2 Å². The normalized spacial score (nSPS) is 22.5. The molecule has 2 atom stereocenters. The molecule has 2 aromatic rings. The van der Waals surface area contributed by atoms with E-state index >= 15 is 0 Å². The van der Waals surface area contributed by atoms with Gasteiger partial charge in [0.25, 0.3) is 5.91 Å². The lowest BCUT2D eigenvalue weighted by molar-refractivity contribution is 0.0711. The van der Waals surface area contributed by atoms with E-state index in [1.54, 1.807) is 37.4 Å². The Kier molecular flexibility index (Phi) is 4.50. The second kappa shape index (κ2) is 6.95. The Bertz CT molecular complexity index is 776. The van der Waals surface area contributed by atoms with Crippen molar-refractivity contribution in [1.82, 2.24) is 20.3 Å². The number of likely N-dealkylation sites (tertiary alicyclic amines) is 1. The first kappa shape index (κ1) is 16.8. The van der Waals surface area contributed by atoms with Crippen LogP contribution >= 0.6 is 0 Å². The summed E-state index contributed by atoms with van der Waals surface area (Å²) < 4.78 is 16.8. The molecule has 1 N–H and O–H groups in total. The molecular weight excluding hydrogens is 336 g/mol. The van der Waals surface area contributed by atoms with Gasteiger partial charge in [-0.25, -0.2) is 0 Å². The lowest BCUT2D eigenvalue weighted by atomic mass is 10.0. The molecule has 1 aromatic heterocycles. The van der Waals surface area contributed by atoms with Crippen molar-refractivity contribution in [3.8, 4) is 11.5 Å². The van der Waals surface area contributed by atoms with E-state index in [0.717, 1.165) is 24.3 Å². The quantitative estimate of drug-likeness (QED) is 0.844. The molecule has 1 aromatic carbocycles. The number of ether oxygens (including phenoxy) is 3. The number of amides is 1. The van der Waals surface area contributed by atoms with E-state index in [0.29, 0.717) is 30.5 Å². The number of aromatic amines is 1. The second-order valence-electron chi connectivity index (χ2n) is 6.66. The van der Waals surface area contributed by atoms with E-state index < -0.39 is 0 Å². The predicted octanol–water partition coefficient (Wildman–Crippen LogP) is 1.61. The van der Waals surface area contributed by atoms with Gasteiger partial charge >= 0.3 is 0 Å². The summed E-state index contributed by atoms with van der Waals surface area (Å²) in [7, 11) is 3.21. The third-order valence-corrected chi connectivity index (χ3v) is 4.90. The molecule has 8 nitrogen and oxygen atoms in total. The van der Waals surface area contributed by atoms with Crippen LogP contribution < -0.4 is 9.47 Å². The molecule has 0 unspecified atom stereocenters. The van der Waals surface area contributed by atoms with Gasteiger partial charge in [-0.15, -0.1) is 0 Å². The van der Waals surface area contributed by atoms with Gasteiger partial charge in [-0.3, -0.25) is 4.79 Å². The fourth-order valence-corrected chi connectivity index (χ4v) is 3.32. The Hall–Kier alpha value is -2.61. The van der Waals surface area contributed by atoms with Crippen molar-refractivity contribution in [3.05, 3.63) is 35.7 Å². The molecule has 1 saturated carbocycles. The van der Waals surface area contributed by atoms with Crippen molar-refractivity contribution in [1.29, 1.82) is 0 Å². The maximum Gasteiger partial charge on any atom is 0.257 e. The number of benzene rings is 1. The average Bonchev–Trinajstić information content (AvgIpc) is 3.15. The standard InChI is InChI=1S/C18H22N4O4/c1-24-16-7-12(26-11-3-4-11)5-6-13(16)18(23)22-9-14(17(10-22)25-2)15-8-19-21-20-15/h5-8,11,14,17H,3-4,9-10H2,1-2H3,(H,19,20,21)/t14-,17+/m0/s1. The summed E-state index contributed by atoms with van der Waals surface area (Å²) in [6.45, 7) is 1.02. The highest BCUT2D eigenvalue weighted by molar-refractivity contribution is 5.97. The molecule has 2 fully saturated rings. The van der Waals surface area contributed by atoms with Crippen LogP contribution in [0.4, 0.5) is 0 Å². The molecule has 2 aliphatic rings. The lowest BCUT2D eigenvalue weighted by Gasteiger charge is -2.18. The first-order valence-corrected chi connectivity index (χ1v) is 8.72. The number of carbonyl (C=O) groups is 1. The molecular formula is C18H22N4O4. The maximum atomic E-state index is 13.1. The summed E-state index contributed by atoms with van der Waals surface area (Å²) in [5.74, 6) is 1.16. The van der Waals surface area contributed by atoms with Crippen molar-refractivity contribution < 1.29 is 19.0 Å². The van der Waals surface area contributed by atoms with Gasteiger partial charge < -0.3 is 19.1 Å². The minimum absolute atomic E-state index is 0.00818. The van der Waals surface area contributed by atoms with Crippen LogP contribution in [0, 0.1) is 0 Å². The Balaban J connectivity index is 1.53. The van der Waals surface area contributed by atoms with Crippen molar-refractivity contribution in [2.45, 2.75) is 31.0 Å². The van der Waals surface area contributed by atoms with Crippen molar-refractivity contribution in [2.75, 3.05) is 27.3 Å². The summed E-state index contributed by atoms with van der Waals surface area (Å²) in [6, 6.07) is 5.38. The zero-order chi connectivity index (χ0) is 18.1. The predicted molar refractivity (Wildman–Crippen MR) is 92.5 cm³/mol. The van der Waals surface area contributed by atoms with Crippen LogP contribution in [0.15, 0.2) is 24.4 Å². The zero-order valence-electron chi connectivity index (χ0n) is 14.8. The second-order valence-corrected chi connectivity index (χ2v) is 6.66. The highest BCUT2D eigenvalue weighted by atomic mass is 16.5. The lowest BCUT2D eigenvalue weighted by Crippen LogP contribution is -2.30. The van der Waals surface area contributed by atoms with Crippen molar-refractivity contribution in [3.63, 3.8) is 0 Å². The highest BCUT2D eigenvalue weighted by Crippen LogP contribution is 2.33. The fraction of sp³-hybridized carbons (Fsp3) is 0.500. The number of H-pyrrole nitrogens is 1. The van der Waals surface area contributed by atoms with Crippen LogP contribution in [0.3, 0.4) is 0 Å². The van der Waals surface area contributed by atoms with Crippen molar-refractivity contribution in [2.24, 2.45) is 0 Å². The van der Waals surface area contributed by atoms with E-state index in [1.165, 1.54) is 0 Å². The molecule has 0 bridgehead atoms. The van der Waals surface area contributed by atoms with E-state index in [9.17, 15) is 4.79 Å². The number of hydrogen-bond donors (Lipinski definition) is 1. The van der Waals surface area contributed by atoms with Gasteiger partial charge in [0.15, 0.2) is 0 Å². The van der Waals surface area contributed by atoms with Crippen LogP contribution in [-0.4, -0.2) is 65.7 Å². The summed E-state index contributed by atoms with van der Waals surface area (Å²) in [5.41, 5.74) is 1.32. The summed E-state index contributed by atoms with van der Waals surface area (Å²) in [5, 5.41) is 10.6. The third-order valence-electron chi connectivity index (χ3n) is 4.90. The van der Waals surface area contributed by atoms with E-state index in [2.05, 4.69) is 15.4 Å². The number of nitrogens with zero attached hydrogens (tertiary/aromatic N) is 3. The molecule has 1 amide bonds. The monoisotopic (exact) mass is 358 g/mol. The Morgan fingerprint density at radius 3 is 2.77 bits per heavy atom. The molecule has 1 aliphatic heterocycles. The molecule has 8 heteroatoms. The Morgan fingerprint density at radius 1 is 1.27 bits per heavy atom. The smallest absolute Gasteiger partial charge is 0.257 e. The number of rotatable bonds is 6. The Morgan fingerprint density at radius 2 is 2.12 bits per heavy atom. The highest BCUT2D eigenvalue weighted by Gasteiger charge is 2.38. The average molecular weight is 358 g/mol. The first-order chi connectivity index (χ1) is 12.7. The van der Waals surface area contributed by atoms with Gasteiger partial charge in [-0.1, -0.05) is 0 Å². The molecule has 1 aliphatic carbocycles. The molecule has 138 valence electrons. The number of nitrogens with one attached hydrogen (secondary N) is 1. The Labute approximate surface area is 151 Å². The van der Waals surface area contributed by atoms with Gasteiger partial charge in [-0.2, -0.15) is 15.4 Å². The number of carbonyl (C=O) groups excluding carboxylic acids is 1. The molecule has 1 saturated heterocycles. The molecule has 2 heterocycles. The summed E-state index contributed by atoms with van der Waals surface area (Å²) in [4.78, 5) is 14.8. The van der Waals surface area contributed by atoms with Crippen LogP contribution in [0.1, 0.15) is 34.8 Å². The summed E-state index contributed by atoms with van der Waals surface area (Å²) in [6.07, 6.45) is 4.02. The van der Waals surface area contributed by atoms with Crippen LogP contribution in [-0.2, 0) is 4.74 Å². The van der Waals surface area contributed by atoms with Gasteiger partial charge in [0.2, 0.25) is 0 Å². The molecule has 26 heavy (non-hydrogen) atoms. The van der Waals surface area contributed by atoms with Crippen LogP contribution in [0.2, 0.25) is 0 Å². The minimum Gasteiger partial charge on any atom is -0.496 e. The zero-order valence-corrected chi connectivity index (χ0v) is 14.8. The number of aromatic nitrogens is 3. The summed E-state index contributed by atoms with van der Waals surface area (Å²) >= 11 is 0. The van der Waals surface area contributed by atoms with Gasteiger partial charge in [0, 0.05) is 26.3 Å². The topological polar surface area (TPSA) is 89.6 Å². The molecule has 0 radical (unpaired) electrons. The number of methoxy groups -OCH3 is 2. The number of hydrogen-bond acceptors (Lipinski definition) is 6. The van der Waals surface area contributed by atoms with Crippen molar-refractivity contribution >= 4 is 5.91 Å². The molecule has 0 spiro atoms. The SMILES string of the molecule is COc1cc(OC2CC2)ccc1C(=O)N1C[C@@H](OC)[C@H](c2cn[nH]n2)C1. The fourth-order valence-electron chi connectivity index (χ4n) is 3.32. The molecule has 4 rings (SSSR count). The van der Waals surface area contributed by atoms with Crippen LogP contribution in [0.25, 0.3) is 0 Å². The first-order valence-electron chi connectivity index (χ1n) is 8.72. The van der Waals surface area contributed by atoms with E-state index in [-0.39, 0.29) is 17.9 Å². The minimum atomic E-state index is -0.118. The van der Waals surface area contributed by atoms with Gasteiger partial charge in [0.1, 0.15) is 11.5 Å². The van der Waals surface area contributed by atoms with E-state index in [1.807, 2.05) is 6.07 Å². The van der Waals surface area contributed by atoms with Gasteiger partial charge in [0.05, 0.1) is 42.7 Å². The largest absolute Gasteiger partial charge is 0.496 e. The van der Waals surface area contributed by atoms with Gasteiger partial charge in [-0.05, 0) is 25.0 Å². The maximum absolute atomic E-state index is 13.1.